The van der Waals surface area contributed by atoms with Crippen molar-refractivity contribution in [2.45, 2.75) is 27.2 Å². The van der Waals surface area contributed by atoms with Crippen LogP contribution in [0.2, 0.25) is 0 Å². The van der Waals surface area contributed by atoms with E-state index in [0.29, 0.717) is 24.0 Å². The number of amides is 1. The van der Waals surface area contributed by atoms with E-state index in [4.69, 9.17) is 0 Å². The number of hydrogen-bond acceptors (Lipinski definition) is 4. The third-order valence-electron chi connectivity index (χ3n) is 3.01. The van der Waals surface area contributed by atoms with Crippen LogP contribution in [-0.2, 0) is 0 Å². The van der Waals surface area contributed by atoms with Gasteiger partial charge in [-0.25, -0.2) is 4.98 Å². The third-order valence-corrected chi connectivity index (χ3v) is 3.01. The van der Waals surface area contributed by atoms with Gasteiger partial charge in [0.05, 0.1) is 12.4 Å². The van der Waals surface area contributed by atoms with Gasteiger partial charge in [0, 0.05) is 20.1 Å². The smallest absolute Gasteiger partial charge is 0.274 e. The average Bonchev–Trinajstić information content (AvgIpc) is 2.43. The van der Waals surface area contributed by atoms with Gasteiger partial charge >= 0.3 is 0 Å². The maximum atomic E-state index is 12.3. The number of carbonyl (C=O) groups excluding carboxylic acids is 1. The van der Waals surface area contributed by atoms with Gasteiger partial charge in [-0.1, -0.05) is 20.3 Å². The van der Waals surface area contributed by atoms with E-state index in [1.165, 1.54) is 6.20 Å². The minimum Gasteiger partial charge on any atom is -0.372 e. The standard InChI is InChI=1S/C13H22N4O/c1-5-10(3)9-17(6-2)13(18)11-7-15-8-12(14-4)16-11/h7-8,10H,5-6,9H2,1-4H3,(H,14,16). The van der Waals surface area contributed by atoms with Crippen molar-refractivity contribution in [3.63, 3.8) is 0 Å². The second-order valence-electron chi connectivity index (χ2n) is 4.40. The van der Waals surface area contributed by atoms with E-state index in [-0.39, 0.29) is 5.91 Å². The van der Waals surface area contributed by atoms with Crippen molar-refractivity contribution in [1.82, 2.24) is 14.9 Å². The molecule has 1 rings (SSSR count). The molecule has 0 aliphatic rings. The number of carbonyl (C=O) groups is 1. The quantitative estimate of drug-likeness (QED) is 0.839. The van der Waals surface area contributed by atoms with Crippen molar-refractivity contribution in [3.8, 4) is 0 Å². The summed E-state index contributed by atoms with van der Waals surface area (Å²) in [7, 11) is 1.76. The van der Waals surface area contributed by atoms with Gasteiger partial charge < -0.3 is 10.2 Å². The number of hydrogen-bond donors (Lipinski definition) is 1. The van der Waals surface area contributed by atoms with Crippen molar-refractivity contribution < 1.29 is 4.79 Å². The van der Waals surface area contributed by atoms with Crippen molar-refractivity contribution in [2.75, 3.05) is 25.5 Å². The first-order chi connectivity index (χ1) is 8.62. The fourth-order valence-corrected chi connectivity index (χ4v) is 1.61. The maximum absolute atomic E-state index is 12.3. The molecule has 1 aromatic rings. The molecule has 0 saturated carbocycles. The minimum absolute atomic E-state index is 0.0533. The molecule has 100 valence electrons. The second-order valence-corrected chi connectivity index (χ2v) is 4.40. The monoisotopic (exact) mass is 250 g/mol. The van der Waals surface area contributed by atoms with Crippen LogP contribution < -0.4 is 5.32 Å². The van der Waals surface area contributed by atoms with E-state index in [0.717, 1.165) is 13.0 Å². The van der Waals surface area contributed by atoms with E-state index < -0.39 is 0 Å². The molecule has 1 N–H and O–H groups in total. The summed E-state index contributed by atoms with van der Waals surface area (Å²) in [6.45, 7) is 7.71. The van der Waals surface area contributed by atoms with Crippen LogP contribution in [0.4, 0.5) is 5.82 Å². The van der Waals surface area contributed by atoms with E-state index in [9.17, 15) is 4.79 Å². The number of nitrogens with zero attached hydrogens (tertiary/aromatic N) is 3. The summed E-state index contributed by atoms with van der Waals surface area (Å²) in [6.07, 6.45) is 4.18. The number of rotatable bonds is 6. The fraction of sp³-hybridized carbons (Fsp3) is 0.615. The number of nitrogens with one attached hydrogen (secondary N) is 1. The number of anilines is 1. The SMILES string of the molecule is CCC(C)CN(CC)C(=O)c1cncc(NC)n1. The summed E-state index contributed by atoms with van der Waals surface area (Å²) in [5.74, 6) is 1.05. The molecule has 1 heterocycles. The Labute approximate surface area is 109 Å². The summed E-state index contributed by atoms with van der Waals surface area (Å²) in [6, 6.07) is 0. The highest BCUT2D eigenvalue weighted by Crippen LogP contribution is 2.09. The summed E-state index contributed by atoms with van der Waals surface area (Å²) in [4.78, 5) is 22.4. The predicted molar refractivity (Wildman–Crippen MR) is 72.6 cm³/mol. The van der Waals surface area contributed by atoms with Gasteiger partial charge in [0.15, 0.2) is 0 Å². The lowest BCUT2D eigenvalue weighted by Crippen LogP contribution is -2.35. The van der Waals surface area contributed by atoms with Crippen LogP contribution in [0.5, 0.6) is 0 Å². The largest absolute Gasteiger partial charge is 0.372 e. The Bertz CT molecular complexity index is 394. The second kappa shape index (κ2) is 6.93. The molecule has 5 nitrogen and oxygen atoms in total. The molecule has 0 fully saturated rings. The first-order valence-electron chi connectivity index (χ1n) is 6.41. The molecule has 0 aromatic carbocycles. The lowest BCUT2D eigenvalue weighted by molar-refractivity contribution is 0.0734. The Morgan fingerprint density at radius 1 is 1.44 bits per heavy atom. The molecule has 0 radical (unpaired) electrons. The van der Waals surface area contributed by atoms with Crippen molar-refractivity contribution >= 4 is 11.7 Å². The summed E-state index contributed by atoms with van der Waals surface area (Å²) >= 11 is 0. The molecule has 1 aromatic heterocycles. The average molecular weight is 250 g/mol. The van der Waals surface area contributed by atoms with Crippen molar-refractivity contribution in [1.29, 1.82) is 0 Å². The van der Waals surface area contributed by atoms with Gasteiger partial charge in [-0.3, -0.25) is 9.78 Å². The molecule has 0 aliphatic carbocycles. The Morgan fingerprint density at radius 2 is 2.17 bits per heavy atom. The van der Waals surface area contributed by atoms with Crippen LogP contribution in [0, 0.1) is 5.92 Å². The first-order valence-corrected chi connectivity index (χ1v) is 6.41. The zero-order valence-corrected chi connectivity index (χ0v) is 11.6. The molecule has 0 spiro atoms. The third kappa shape index (κ3) is 3.68. The molecule has 1 amide bonds. The summed E-state index contributed by atoms with van der Waals surface area (Å²) < 4.78 is 0. The topological polar surface area (TPSA) is 58.1 Å². The van der Waals surface area contributed by atoms with E-state index in [2.05, 4.69) is 29.1 Å². The first kappa shape index (κ1) is 14.4. The molecule has 1 unspecified atom stereocenters. The Balaban J connectivity index is 2.82. The molecule has 1 atom stereocenters. The zero-order chi connectivity index (χ0) is 13.5. The lowest BCUT2D eigenvalue weighted by atomic mass is 10.1. The summed E-state index contributed by atoms with van der Waals surface area (Å²) in [5.41, 5.74) is 0.395. The van der Waals surface area contributed by atoms with Crippen molar-refractivity contribution in [2.24, 2.45) is 5.92 Å². The highest BCUT2D eigenvalue weighted by atomic mass is 16.2. The van der Waals surface area contributed by atoms with Gasteiger partial charge in [0.1, 0.15) is 11.5 Å². The minimum atomic E-state index is -0.0533. The molecular weight excluding hydrogens is 228 g/mol. The van der Waals surface area contributed by atoms with E-state index in [1.54, 1.807) is 13.2 Å². The van der Waals surface area contributed by atoms with E-state index in [1.807, 2.05) is 11.8 Å². The van der Waals surface area contributed by atoms with Crippen LogP contribution >= 0.6 is 0 Å². The number of aromatic nitrogens is 2. The zero-order valence-electron chi connectivity index (χ0n) is 11.6. The highest BCUT2D eigenvalue weighted by Gasteiger charge is 2.17. The molecule has 18 heavy (non-hydrogen) atoms. The lowest BCUT2D eigenvalue weighted by Gasteiger charge is -2.23. The molecule has 0 aliphatic heterocycles. The molecule has 5 heteroatoms. The van der Waals surface area contributed by atoms with Crippen molar-refractivity contribution in [3.05, 3.63) is 18.1 Å². The van der Waals surface area contributed by atoms with Gasteiger partial charge in [-0.2, -0.15) is 0 Å². The van der Waals surface area contributed by atoms with Gasteiger partial charge in [0.25, 0.3) is 5.91 Å². The van der Waals surface area contributed by atoms with Gasteiger partial charge in [-0.15, -0.1) is 0 Å². The van der Waals surface area contributed by atoms with Crippen LogP contribution in [0.3, 0.4) is 0 Å². The normalized spacial score (nSPS) is 12.0. The van der Waals surface area contributed by atoms with Crippen LogP contribution in [-0.4, -0.2) is 40.9 Å². The van der Waals surface area contributed by atoms with Gasteiger partial charge in [-0.05, 0) is 12.8 Å². The predicted octanol–water partition coefficient (Wildman–Crippen LogP) is 2.03. The Kier molecular flexibility index (Phi) is 5.55. The molecule has 0 bridgehead atoms. The van der Waals surface area contributed by atoms with Gasteiger partial charge in [0.2, 0.25) is 0 Å². The summed E-state index contributed by atoms with van der Waals surface area (Å²) in [5, 5.41) is 2.89. The van der Waals surface area contributed by atoms with Crippen LogP contribution in [0.1, 0.15) is 37.7 Å². The Morgan fingerprint density at radius 3 is 2.72 bits per heavy atom. The van der Waals surface area contributed by atoms with E-state index >= 15 is 0 Å². The Hall–Kier alpha value is -1.65. The molecular formula is C13H22N4O. The fourth-order valence-electron chi connectivity index (χ4n) is 1.61. The molecule has 0 saturated heterocycles. The van der Waals surface area contributed by atoms with Crippen LogP contribution in [0.15, 0.2) is 12.4 Å². The van der Waals surface area contributed by atoms with Crippen LogP contribution in [0.25, 0.3) is 0 Å². The highest BCUT2D eigenvalue weighted by molar-refractivity contribution is 5.92. The maximum Gasteiger partial charge on any atom is 0.274 e.